The predicted octanol–water partition coefficient (Wildman–Crippen LogP) is 3.70. The highest BCUT2D eigenvalue weighted by Gasteiger charge is 2.15. The van der Waals surface area contributed by atoms with Crippen LogP contribution in [0.4, 0.5) is 15.8 Å². The maximum absolute atomic E-state index is 13.0. The molecule has 0 saturated carbocycles. The maximum Gasteiger partial charge on any atom is 0.295 e. The van der Waals surface area contributed by atoms with Crippen molar-refractivity contribution in [3.8, 4) is 0 Å². The minimum Gasteiger partial charge on any atom is -0.379 e. The number of anilines is 1. The molecule has 1 N–H and O–H groups in total. The smallest absolute Gasteiger partial charge is 0.295 e. The number of nitrogens with one attached hydrogen (secondary N) is 1. The summed E-state index contributed by atoms with van der Waals surface area (Å²) in [5.74, 6) is -0.274. The molecule has 2 rings (SSSR count). The van der Waals surface area contributed by atoms with Crippen LogP contribution < -0.4 is 5.32 Å². The van der Waals surface area contributed by atoms with Gasteiger partial charge in [-0.15, -0.1) is 0 Å². The lowest BCUT2D eigenvalue weighted by Gasteiger charge is -2.08. The Bertz CT molecular complexity index is 629. The van der Waals surface area contributed by atoms with Crippen molar-refractivity contribution in [2.45, 2.75) is 13.3 Å². The molecule has 5 heteroatoms. The summed E-state index contributed by atoms with van der Waals surface area (Å²) >= 11 is 0. The molecule has 104 valence electrons. The van der Waals surface area contributed by atoms with Crippen LogP contribution in [0, 0.1) is 22.9 Å². The zero-order valence-corrected chi connectivity index (χ0v) is 11.1. The molecule has 0 spiro atoms. The van der Waals surface area contributed by atoms with Crippen molar-refractivity contribution in [3.63, 3.8) is 0 Å². The van der Waals surface area contributed by atoms with Crippen LogP contribution in [0.5, 0.6) is 0 Å². The van der Waals surface area contributed by atoms with E-state index in [0.717, 1.165) is 5.56 Å². The lowest BCUT2D eigenvalue weighted by Crippen LogP contribution is -2.07. The summed E-state index contributed by atoms with van der Waals surface area (Å²) in [6, 6.07) is 11.5. The maximum atomic E-state index is 13.0. The Balaban J connectivity index is 2.05. The molecular formula is C15H15FN2O2. The summed E-state index contributed by atoms with van der Waals surface area (Å²) in [5.41, 5.74) is 2.05. The van der Waals surface area contributed by atoms with E-state index >= 15 is 0 Å². The molecule has 0 saturated heterocycles. The predicted molar refractivity (Wildman–Crippen MR) is 76.4 cm³/mol. The zero-order valence-electron chi connectivity index (χ0n) is 11.1. The number of nitro benzene ring substituents is 1. The van der Waals surface area contributed by atoms with Gasteiger partial charge in [0, 0.05) is 12.1 Å². The largest absolute Gasteiger partial charge is 0.379 e. The van der Waals surface area contributed by atoms with Crippen molar-refractivity contribution in [2.24, 2.45) is 0 Å². The fourth-order valence-electron chi connectivity index (χ4n) is 2.08. The monoisotopic (exact) mass is 274 g/mol. The summed E-state index contributed by atoms with van der Waals surface area (Å²) < 4.78 is 13.0. The topological polar surface area (TPSA) is 55.2 Å². The van der Waals surface area contributed by atoms with Crippen LogP contribution in [-0.4, -0.2) is 11.5 Å². The molecule has 0 unspecified atom stereocenters. The number of halogens is 1. The summed E-state index contributed by atoms with van der Waals surface area (Å²) in [7, 11) is 0. The second-order valence-electron chi connectivity index (χ2n) is 4.53. The van der Waals surface area contributed by atoms with Crippen LogP contribution in [-0.2, 0) is 6.42 Å². The van der Waals surface area contributed by atoms with E-state index in [1.807, 2.05) is 6.07 Å². The minimum atomic E-state index is -0.389. The van der Waals surface area contributed by atoms with E-state index in [1.54, 1.807) is 31.2 Å². The summed E-state index contributed by atoms with van der Waals surface area (Å²) in [5, 5.41) is 14.1. The average molecular weight is 274 g/mol. The Kier molecular flexibility index (Phi) is 4.30. The summed E-state index contributed by atoms with van der Waals surface area (Å²) in [6.45, 7) is 2.21. The van der Waals surface area contributed by atoms with E-state index in [1.165, 1.54) is 12.1 Å². The lowest BCUT2D eigenvalue weighted by atomic mass is 10.1. The van der Waals surface area contributed by atoms with Crippen molar-refractivity contribution in [1.29, 1.82) is 0 Å². The molecule has 20 heavy (non-hydrogen) atoms. The molecule has 4 nitrogen and oxygen atoms in total. The molecule has 0 heterocycles. The Morgan fingerprint density at radius 3 is 2.70 bits per heavy atom. The van der Waals surface area contributed by atoms with Gasteiger partial charge in [0.1, 0.15) is 11.5 Å². The van der Waals surface area contributed by atoms with Crippen LogP contribution >= 0.6 is 0 Å². The van der Waals surface area contributed by atoms with Crippen molar-refractivity contribution >= 4 is 11.4 Å². The van der Waals surface area contributed by atoms with E-state index in [-0.39, 0.29) is 16.4 Å². The third-order valence-corrected chi connectivity index (χ3v) is 3.04. The third-order valence-electron chi connectivity index (χ3n) is 3.04. The Morgan fingerprint density at radius 1 is 1.25 bits per heavy atom. The molecule has 0 aliphatic carbocycles. The van der Waals surface area contributed by atoms with Gasteiger partial charge < -0.3 is 5.32 Å². The molecule has 0 atom stereocenters. The highest BCUT2D eigenvalue weighted by atomic mass is 19.1. The molecule has 0 bridgehead atoms. The molecular weight excluding hydrogens is 259 g/mol. The first kappa shape index (κ1) is 14.0. The Hall–Kier alpha value is -2.43. The Labute approximate surface area is 116 Å². The highest BCUT2D eigenvalue weighted by Crippen LogP contribution is 2.27. The van der Waals surface area contributed by atoms with Gasteiger partial charge in [-0.2, -0.15) is 0 Å². The van der Waals surface area contributed by atoms with Crippen LogP contribution in [0.15, 0.2) is 42.5 Å². The minimum absolute atomic E-state index is 0.0896. The Morgan fingerprint density at radius 2 is 2.00 bits per heavy atom. The normalized spacial score (nSPS) is 10.3. The molecule has 0 amide bonds. The third kappa shape index (κ3) is 3.32. The van der Waals surface area contributed by atoms with Gasteiger partial charge in [-0.3, -0.25) is 10.1 Å². The standard InChI is InChI=1S/C15H15FN2O2/c1-11-4-2-7-14(15(11)18(19)20)17-9-8-12-5-3-6-13(16)10-12/h2-7,10,17H,8-9H2,1H3. The summed E-state index contributed by atoms with van der Waals surface area (Å²) in [4.78, 5) is 10.6. The number of rotatable bonds is 5. The van der Waals surface area contributed by atoms with Gasteiger partial charge in [-0.1, -0.05) is 24.3 Å². The number of aryl methyl sites for hydroxylation is 1. The number of nitro groups is 1. The van der Waals surface area contributed by atoms with Gasteiger partial charge in [-0.05, 0) is 37.1 Å². The summed E-state index contributed by atoms with van der Waals surface area (Å²) in [6.07, 6.45) is 0.600. The second kappa shape index (κ2) is 6.14. The molecule has 0 fully saturated rings. The van der Waals surface area contributed by atoms with E-state index < -0.39 is 0 Å². The van der Waals surface area contributed by atoms with Gasteiger partial charge in [0.15, 0.2) is 0 Å². The highest BCUT2D eigenvalue weighted by molar-refractivity contribution is 5.65. The first-order valence-electron chi connectivity index (χ1n) is 6.30. The quantitative estimate of drug-likeness (QED) is 0.668. The molecule has 0 aromatic heterocycles. The van der Waals surface area contributed by atoms with Gasteiger partial charge in [-0.25, -0.2) is 4.39 Å². The van der Waals surface area contributed by atoms with Crippen molar-refractivity contribution in [2.75, 3.05) is 11.9 Å². The van der Waals surface area contributed by atoms with E-state index in [2.05, 4.69) is 5.32 Å². The molecule has 0 aliphatic heterocycles. The molecule has 0 aliphatic rings. The number of benzene rings is 2. The van der Waals surface area contributed by atoms with Crippen molar-refractivity contribution < 1.29 is 9.31 Å². The van der Waals surface area contributed by atoms with Gasteiger partial charge in [0.05, 0.1) is 4.92 Å². The van der Waals surface area contributed by atoms with Crippen LogP contribution in [0.25, 0.3) is 0 Å². The zero-order chi connectivity index (χ0) is 14.5. The molecule has 2 aromatic carbocycles. The van der Waals surface area contributed by atoms with Crippen molar-refractivity contribution in [1.82, 2.24) is 0 Å². The number of hydrogen-bond donors (Lipinski definition) is 1. The number of nitrogens with zero attached hydrogens (tertiary/aromatic N) is 1. The second-order valence-corrected chi connectivity index (χ2v) is 4.53. The van der Waals surface area contributed by atoms with Crippen LogP contribution in [0.1, 0.15) is 11.1 Å². The van der Waals surface area contributed by atoms with Gasteiger partial charge in [0.2, 0.25) is 0 Å². The van der Waals surface area contributed by atoms with Crippen molar-refractivity contribution in [3.05, 3.63) is 69.5 Å². The van der Waals surface area contributed by atoms with Gasteiger partial charge in [0.25, 0.3) is 5.69 Å². The average Bonchev–Trinajstić information content (AvgIpc) is 2.38. The van der Waals surface area contributed by atoms with E-state index in [0.29, 0.717) is 24.2 Å². The first-order valence-corrected chi connectivity index (χ1v) is 6.30. The fraction of sp³-hybridized carbons (Fsp3) is 0.200. The number of para-hydroxylation sites is 1. The van der Waals surface area contributed by atoms with Gasteiger partial charge >= 0.3 is 0 Å². The van der Waals surface area contributed by atoms with Crippen LogP contribution in [0.3, 0.4) is 0 Å². The SMILES string of the molecule is Cc1cccc(NCCc2cccc(F)c2)c1[N+](=O)[O-]. The lowest BCUT2D eigenvalue weighted by molar-refractivity contribution is -0.384. The van der Waals surface area contributed by atoms with Crippen LogP contribution in [0.2, 0.25) is 0 Å². The van der Waals surface area contributed by atoms with E-state index in [4.69, 9.17) is 0 Å². The first-order chi connectivity index (χ1) is 9.58. The number of hydrogen-bond acceptors (Lipinski definition) is 3. The molecule has 2 aromatic rings. The fourth-order valence-corrected chi connectivity index (χ4v) is 2.08. The molecule has 0 radical (unpaired) electrons. The van der Waals surface area contributed by atoms with E-state index in [9.17, 15) is 14.5 Å².